The van der Waals surface area contributed by atoms with Gasteiger partial charge in [-0.15, -0.1) is 0 Å². The van der Waals surface area contributed by atoms with Crippen molar-refractivity contribution in [3.05, 3.63) is 78.1 Å². The maximum Gasteiger partial charge on any atom is 0.123 e. The maximum atomic E-state index is 12.8. The Hall–Kier alpha value is -1.74. The molecular weight excluding hydrogens is 247 g/mol. The molecule has 0 aliphatic rings. The first-order valence-corrected chi connectivity index (χ1v) is 6.86. The lowest BCUT2D eigenvalue weighted by Crippen LogP contribution is -1.97. The summed E-state index contributed by atoms with van der Waals surface area (Å²) in [5.74, 6) is 0.122. The molecule has 18 heavy (non-hydrogen) atoms. The monoisotopic (exact) mass is 260 g/mol. The molecule has 92 valence electrons. The molecule has 0 fully saturated rings. The topological polar surface area (TPSA) is 17.1 Å². The van der Waals surface area contributed by atoms with Crippen molar-refractivity contribution in [3.63, 3.8) is 0 Å². The minimum atomic E-state index is -1.19. The van der Waals surface area contributed by atoms with E-state index in [0.717, 1.165) is 5.56 Å². The van der Waals surface area contributed by atoms with E-state index in [4.69, 9.17) is 0 Å². The van der Waals surface area contributed by atoms with E-state index in [1.54, 1.807) is 12.1 Å². The highest BCUT2D eigenvalue weighted by Gasteiger charge is 2.08. The largest absolute Gasteiger partial charge is 0.254 e. The fourth-order valence-corrected chi connectivity index (χ4v) is 2.65. The molecule has 1 atom stereocenters. The second-order valence-electron chi connectivity index (χ2n) is 3.91. The van der Waals surface area contributed by atoms with Gasteiger partial charge in [-0.25, -0.2) is 4.39 Å². The van der Waals surface area contributed by atoms with E-state index in [1.807, 2.05) is 30.3 Å². The Balaban J connectivity index is 2.10. The summed E-state index contributed by atoms with van der Waals surface area (Å²) in [4.78, 5) is 0.527. The van der Waals surface area contributed by atoms with Gasteiger partial charge >= 0.3 is 0 Å². The van der Waals surface area contributed by atoms with Crippen LogP contribution in [0.25, 0.3) is 4.91 Å². The van der Waals surface area contributed by atoms with Gasteiger partial charge in [0.1, 0.15) is 5.82 Å². The number of hydrogen-bond donors (Lipinski definition) is 0. The molecule has 2 aromatic carbocycles. The molecule has 0 saturated carbocycles. The lowest BCUT2D eigenvalue weighted by molar-refractivity contribution is 0.627. The Labute approximate surface area is 108 Å². The molecule has 0 saturated heterocycles. The van der Waals surface area contributed by atoms with E-state index >= 15 is 0 Å². The normalized spacial score (nSPS) is 12.1. The van der Waals surface area contributed by atoms with Crippen LogP contribution in [0.4, 0.5) is 4.39 Å². The number of halogens is 1. The molecule has 3 heteroatoms. The zero-order valence-electron chi connectivity index (χ0n) is 9.80. The first-order chi connectivity index (χ1) is 8.66. The first-order valence-electron chi connectivity index (χ1n) is 5.54. The Morgan fingerprint density at radius 1 is 1.06 bits per heavy atom. The summed E-state index contributed by atoms with van der Waals surface area (Å²) in [6.07, 6.45) is 0. The number of benzene rings is 2. The third-order valence-corrected chi connectivity index (χ3v) is 3.96. The molecule has 0 aliphatic carbocycles. The van der Waals surface area contributed by atoms with Crippen LogP contribution in [0.2, 0.25) is 0 Å². The summed E-state index contributed by atoms with van der Waals surface area (Å²) >= 11 is 0. The highest BCUT2D eigenvalue weighted by atomic mass is 32.2. The number of rotatable bonds is 4. The van der Waals surface area contributed by atoms with Crippen molar-refractivity contribution in [1.82, 2.24) is 0 Å². The highest BCUT2D eigenvalue weighted by molar-refractivity contribution is 7.93. The van der Waals surface area contributed by atoms with Crippen LogP contribution in [-0.2, 0) is 16.6 Å². The summed E-state index contributed by atoms with van der Waals surface area (Å²) in [6, 6.07) is 15.5. The molecule has 0 heterocycles. The summed E-state index contributed by atoms with van der Waals surface area (Å²) in [7, 11) is -1.19. The third-order valence-electron chi connectivity index (χ3n) is 2.58. The molecule has 0 bridgehead atoms. The van der Waals surface area contributed by atoms with E-state index in [0.29, 0.717) is 16.2 Å². The molecule has 0 aromatic heterocycles. The van der Waals surface area contributed by atoms with Gasteiger partial charge in [0.15, 0.2) is 0 Å². The summed E-state index contributed by atoms with van der Waals surface area (Å²) < 4.78 is 24.9. The van der Waals surface area contributed by atoms with Crippen molar-refractivity contribution >= 4 is 15.7 Å². The van der Waals surface area contributed by atoms with E-state index in [9.17, 15) is 8.60 Å². The fourth-order valence-electron chi connectivity index (χ4n) is 1.58. The predicted octanol–water partition coefficient (Wildman–Crippen LogP) is 3.75. The van der Waals surface area contributed by atoms with E-state index in [1.165, 1.54) is 12.1 Å². The molecule has 2 rings (SSSR count). The van der Waals surface area contributed by atoms with Crippen LogP contribution in [0, 0.1) is 5.82 Å². The molecule has 0 N–H and O–H groups in total. The summed E-state index contributed by atoms with van der Waals surface area (Å²) in [6.45, 7) is 3.83. The van der Waals surface area contributed by atoms with E-state index in [2.05, 4.69) is 6.58 Å². The van der Waals surface area contributed by atoms with Crippen molar-refractivity contribution in [1.29, 1.82) is 0 Å². The smallest absolute Gasteiger partial charge is 0.123 e. The lowest BCUT2D eigenvalue weighted by Gasteiger charge is -2.06. The standard InChI is InChI=1S/C15H13FOS/c1-12(14-7-9-15(16)10-8-14)18(17)11-13-5-3-2-4-6-13/h2-10H,1,11H2/t18-/m0/s1. The van der Waals surface area contributed by atoms with Gasteiger partial charge in [-0.2, -0.15) is 0 Å². The quantitative estimate of drug-likeness (QED) is 0.818. The Kier molecular flexibility index (Phi) is 4.05. The van der Waals surface area contributed by atoms with Gasteiger partial charge in [-0.3, -0.25) is 4.21 Å². The van der Waals surface area contributed by atoms with Gasteiger partial charge in [0, 0.05) is 4.91 Å². The Morgan fingerprint density at radius 2 is 1.67 bits per heavy atom. The van der Waals surface area contributed by atoms with Crippen LogP contribution < -0.4 is 0 Å². The summed E-state index contributed by atoms with van der Waals surface area (Å²) in [5.41, 5.74) is 1.71. The minimum absolute atomic E-state index is 0.305. The van der Waals surface area contributed by atoms with Gasteiger partial charge in [-0.1, -0.05) is 49.0 Å². The second kappa shape index (κ2) is 5.74. The Bertz CT molecular complexity index is 561. The average Bonchev–Trinajstić information content (AvgIpc) is 2.40. The molecular formula is C15H13FOS. The van der Waals surface area contributed by atoms with E-state index in [-0.39, 0.29) is 5.82 Å². The maximum absolute atomic E-state index is 12.8. The third kappa shape index (κ3) is 3.14. The van der Waals surface area contributed by atoms with Crippen molar-refractivity contribution in [2.24, 2.45) is 0 Å². The minimum Gasteiger partial charge on any atom is -0.254 e. The van der Waals surface area contributed by atoms with Crippen LogP contribution in [-0.4, -0.2) is 4.21 Å². The zero-order chi connectivity index (χ0) is 13.0. The van der Waals surface area contributed by atoms with Gasteiger partial charge in [0.05, 0.1) is 16.6 Å². The van der Waals surface area contributed by atoms with Crippen molar-refractivity contribution < 1.29 is 8.60 Å². The molecule has 1 nitrogen and oxygen atoms in total. The van der Waals surface area contributed by atoms with E-state index < -0.39 is 10.8 Å². The molecule has 0 spiro atoms. The van der Waals surface area contributed by atoms with Gasteiger partial charge in [0.2, 0.25) is 0 Å². The molecule has 2 aromatic rings. The van der Waals surface area contributed by atoms with Crippen LogP contribution in [0.15, 0.2) is 61.2 Å². The lowest BCUT2D eigenvalue weighted by atomic mass is 10.2. The molecule has 0 aliphatic heterocycles. The van der Waals surface area contributed by atoms with Gasteiger partial charge < -0.3 is 0 Å². The van der Waals surface area contributed by atoms with Crippen LogP contribution in [0.5, 0.6) is 0 Å². The Morgan fingerprint density at radius 3 is 2.28 bits per heavy atom. The SMILES string of the molecule is C=C(c1ccc(F)cc1)[S@@](=O)Cc1ccccc1. The summed E-state index contributed by atoms with van der Waals surface area (Å²) in [5, 5.41) is 0. The van der Waals surface area contributed by atoms with Crippen molar-refractivity contribution in [2.75, 3.05) is 0 Å². The number of hydrogen-bond acceptors (Lipinski definition) is 1. The molecule has 0 radical (unpaired) electrons. The van der Waals surface area contributed by atoms with Crippen LogP contribution in [0.3, 0.4) is 0 Å². The predicted molar refractivity (Wildman–Crippen MR) is 73.7 cm³/mol. The van der Waals surface area contributed by atoms with Gasteiger partial charge in [-0.05, 0) is 23.3 Å². The second-order valence-corrected chi connectivity index (χ2v) is 5.38. The van der Waals surface area contributed by atoms with Crippen LogP contribution in [0.1, 0.15) is 11.1 Å². The first kappa shape index (κ1) is 12.7. The highest BCUT2D eigenvalue weighted by Crippen LogP contribution is 2.19. The van der Waals surface area contributed by atoms with Crippen molar-refractivity contribution in [2.45, 2.75) is 5.75 Å². The zero-order valence-corrected chi connectivity index (χ0v) is 10.6. The van der Waals surface area contributed by atoms with Gasteiger partial charge in [0.25, 0.3) is 0 Å². The van der Waals surface area contributed by atoms with Crippen LogP contribution >= 0.6 is 0 Å². The molecule has 0 amide bonds. The average molecular weight is 260 g/mol. The molecule has 0 unspecified atom stereocenters. The van der Waals surface area contributed by atoms with Crippen molar-refractivity contribution in [3.8, 4) is 0 Å². The fraction of sp³-hybridized carbons (Fsp3) is 0.0667.